The van der Waals surface area contributed by atoms with Crippen LogP contribution in [-0.4, -0.2) is 11.1 Å². The van der Waals surface area contributed by atoms with Gasteiger partial charge in [-0.3, -0.25) is 4.79 Å². The van der Waals surface area contributed by atoms with E-state index < -0.39 is 29.4 Å². The minimum atomic E-state index is -0.912. The third-order valence-corrected chi connectivity index (χ3v) is 3.71. The van der Waals surface area contributed by atoms with Crippen molar-refractivity contribution in [3.8, 4) is 0 Å². The van der Waals surface area contributed by atoms with Gasteiger partial charge in [-0.05, 0) is 24.5 Å². The molecule has 2 atom stereocenters. The summed E-state index contributed by atoms with van der Waals surface area (Å²) < 4.78 is 27.0. The van der Waals surface area contributed by atoms with Crippen LogP contribution in [0.3, 0.4) is 0 Å². The Labute approximate surface area is 105 Å². The molecule has 1 fully saturated rings. The van der Waals surface area contributed by atoms with E-state index in [4.69, 9.17) is 0 Å². The first kappa shape index (κ1) is 13.0. The van der Waals surface area contributed by atoms with Crippen LogP contribution < -0.4 is 0 Å². The summed E-state index contributed by atoms with van der Waals surface area (Å²) >= 11 is 0. The van der Waals surface area contributed by atoms with Gasteiger partial charge in [-0.25, -0.2) is 8.78 Å². The van der Waals surface area contributed by atoms with Gasteiger partial charge < -0.3 is 5.11 Å². The van der Waals surface area contributed by atoms with E-state index in [1.54, 1.807) is 0 Å². The molecular formula is C14H16F2O2. The molecule has 0 amide bonds. The minimum absolute atomic E-state index is 0.212. The third-order valence-electron chi connectivity index (χ3n) is 3.71. The second-order valence-electron chi connectivity index (χ2n) is 4.83. The summed E-state index contributed by atoms with van der Waals surface area (Å²) in [6, 6.07) is 4.01. The first-order valence-electron chi connectivity index (χ1n) is 6.28. The number of carboxylic acid groups (broad SMARTS) is 1. The summed E-state index contributed by atoms with van der Waals surface area (Å²) in [5, 5.41) is 9.24. The summed E-state index contributed by atoms with van der Waals surface area (Å²) in [5.41, 5.74) is 0.212. The average Bonchev–Trinajstić information content (AvgIpc) is 2.58. The quantitative estimate of drug-likeness (QED) is 0.817. The fourth-order valence-corrected chi connectivity index (χ4v) is 2.78. The summed E-state index contributed by atoms with van der Waals surface area (Å²) in [5.74, 6) is -3.73. The van der Waals surface area contributed by atoms with E-state index in [9.17, 15) is 18.7 Å². The van der Waals surface area contributed by atoms with Crippen molar-refractivity contribution >= 4 is 5.97 Å². The van der Waals surface area contributed by atoms with Gasteiger partial charge in [-0.15, -0.1) is 0 Å². The van der Waals surface area contributed by atoms with Crippen molar-refractivity contribution in [1.82, 2.24) is 0 Å². The van der Waals surface area contributed by atoms with Crippen molar-refractivity contribution < 1.29 is 18.7 Å². The van der Waals surface area contributed by atoms with Crippen LogP contribution in [0, 0.1) is 17.6 Å². The van der Waals surface area contributed by atoms with E-state index in [-0.39, 0.29) is 5.56 Å². The Morgan fingerprint density at radius 2 is 1.89 bits per heavy atom. The van der Waals surface area contributed by atoms with E-state index in [1.165, 1.54) is 12.1 Å². The maximum absolute atomic E-state index is 13.8. The van der Waals surface area contributed by atoms with Crippen LogP contribution in [0.2, 0.25) is 0 Å². The van der Waals surface area contributed by atoms with E-state index in [0.29, 0.717) is 12.8 Å². The van der Waals surface area contributed by atoms with E-state index in [0.717, 1.165) is 25.3 Å². The molecule has 0 saturated heterocycles. The Hall–Kier alpha value is -1.45. The zero-order chi connectivity index (χ0) is 13.1. The molecule has 2 rings (SSSR count). The topological polar surface area (TPSA) is 37.3 Å². The molecule has 1 aliphatic rings. The molecule has 1 aliphatic carbocycles. The molecule has 2 nitrogen and oxygen atoms in total. The van der Waals surface area contributed by atoms with Gasteiger partial charge in [0.15, 0.2) is 11.6 Å². The molecule has 1 aromatic carbocycles. The van der Waals surface area contributed by atoms with E-state index in [1.807, 2.05) is 0 Å². The Kier molecular flexibility index (Phi) is 3.94. The van der Waals surface area contributed by atoms with Crippen LogP contribution in [-0.2, 0) is 4.79 Å². The van der Waals surface area contributed by atoms with Crippen LogP contribution in [0.15, 0.2) is 18.2 Å². The first-order chi connectivity index (χ1) is 8.61. The molecule has 0 heterocycles. The Morgan fingerprint density at radius 1 is 1.17 bits per heavy atom. The van der Waals surface area contributed by atoms with Crippen molar-refractivity contribution in [1.29, 1.82) is 0 Å². The number of halogens is 2. The summed E-state index contributed by atoms with van der Waals surface area (Å²) in [6.07, 6.45) is 3.80. The lowest BCUT2D eigenvalue weighted by Gasteiger charge is -2.22. The van der Waals surface area contributed by atoms with Crippen molar-refractivity contribution in [2.75, 3.05) is 0 Å². The number of carboxylic acids is 1. The second kappa shape index (κ2) is 5.46. The van der Waals surface area contributed by atoms with Crippen molar-refractivity contribution in [2.24, 2.45) is 5.92 Å². The fourth-order valence-electron chi connectivity index (χ4n) is 2.78. The Balaban J connectivity index is 2.38. The maximum Gasteiger partial charge on any atom is 0.307 e. The lowest BCUT2D eigenvalue weighted by molar-refractivity contribution is -0.142. The molecule has 0 radical (unpaired) electrons. The molecule has 1 saturated carbocycles. The van der Waals surface area contributed by atoms with Gasteiger partial charge in [-0.1, -0.05) is 31.4 Å². The van der Waals surface area contributed by atoms with Crippen LogP contribution in [0.4, 0.5) is 8.78 Å². The predicted octanol–water partition coefficient (Wildman–Crippen LogP) is 3.71. The van der Waals surface area contributed by atoms with Crippen LogP contribution >= 0.6 is 0 Å². The Bertz CT molecular complexity index is 445. The van der Waals surface area contributed by atoms with Gasteiger partial charge in [-0.2, -0.15) is 0 Å². The maximum atomic E-state index is 13.8. The van der Waals surface area contributed by atoms with Gasteiger partial charge >= 0.3 is 5.97 Å². The lowest BCUT2D eigenvalue weighted by Crippen LogP contribution is -2.22. The second-order valence-corrected chi connectivity index (χ2v) is 4.83. The summed E-state index contributed by atoms with van der Waals surface area (Å²) in [4.78, 5) is 11.3. The highest BCUT2D eigenvalue weighted by atomic mass is 19.2. The van der Waals surface area contributed by atoms with Crippen LogP contribution in [0.25, 0.3) is 0 Å². The van der Waals surface area contributed by atoms with Crippen LogP contribution in [0.5, 0.6) is 0 Å². The molecule has 4 heteroatoms. The number of benzene rings is 1. The summed E-state index contributed by atoms with van der Waals surface area (Å²) in [7, 11) is 0. The van der Waals surface area contributed by atoms with Crippen LogP contribution in [0.1, 0.15) is 43.6 Å². The summed E-state index contributed by atoms with van der Waals surface area (Å²) in [6.45, 7) is 0. The SMILES string of the molecule is O=C(O)C1CCCCCC1c1cccc(F)c1F. The molecule has 98 valence electrons. The molecule has 2 unspecified atom stereocenters. The lowest BCUT2D eigenvalue weighted by atomic mass is 9.82. The van der Waals surface area contributed by atoms with Gasteiger partial charge in [0.2, 0.25) is 0 Å². The third kappa shape index (κ3) is 2.52. The van der Waals surface area contributed by atoms with Gasteiger partial charge in [0.25, 0.3) is 0 Å². The molecule has 0 spiro atoms. The Morgan fingerprint density at radius 3 is 2.61 bits per heavy atom. The number of aliphatic carboxylic acids is 1. The first-order valence-corrected chi connectivity index (χ1v) is 6.28. The molecule has 1 aromatic rings. The van der Waals surface area contributed by atoms with Crippen molar-refractivity contribution in [3.05, 3.63) is 35.4 Å². The van der Waals surface area contributed by atoms with E-state index >= 15 is 0 Å². The number of hydrogen-bond acceptors (Lipinski definition) is 1. The minimum Gasteiger partial charge on any atom is -0.481 e. The number of carbonyl (C=O) groups is 1. The highest BCUT2D eigenvalue weighted by molar-refractivity contribution is 5.71. The average molecular weight is 254 g/mol. The molecular weight excluding hydrogens is 238 g/mol. The molecule has 0 bridgehead atoms. The predicted molar refractivity (Wildman–Crippen MR) is 63.3 cm³/mol. The van der Waals surface area contributed by atoms with Gasteiger partial charge in [0.05, 0.1) is 5.92 Å². The molecule has 0 aliphatic heterocycles. The molecule has 1 N–H and O–H groups in total. The molecule has 18 heavy (non-hydrogen) atoms. The zero-order valence-electron chi connectivity index (χ0n) is 10.0. The van der Waals surface area contributed by atoms with Gasteiger partial charge in [0.1, 0.15) is 0 Å². The van der Waals surface area contributed by atoms with Crippen molar-refractivity contribution in [3.63, 3.8) is 0 Å². The number of rotatable bonds is 2. The highest BCUT2D eigenvalue weighted by Crippen LogP contribution is 2.38. The normalized spacial score (nSPS) is 24.6. The van der Waals surface area contributed by atoms with Crippen molar-refractivity contribution in [2.45, 2.75) is 38.0 Å². The number of hydrogen-bond donors (Lipinski definition) is 1. The fraction of sp³-hybridized carbons (Fsp3) is 0.500. The monoisotopic (exact) mass is 254 g/mol. The highest BCUT2D eigenvalue weighted by Gasteiger charge is 2.32. The largest absolute Gasteiger partial charge is 0.481 e. The standard InChI is InChI=1S/C14H16F2O2/c15-12-8-4-7-10(13(12)16)9-5-2-1-3-6-11(9)14(17)18/h4,7-9,11H,1-3,5-6H2,(H,17,18). The zero-order valence-corrected chi connectivity index (χ0v) is 10.0. The molecule has 0 aromatic heterocycles. The van der Waals surface area contributed by atoms with E-state index in [2.05, 4.69) is 0 Å². The smallest absolute Gasteiger partial charge is 0.307 e. The van der Waals surface area contributed by atoms with Gasteiger partial charge in [0, 0.05) is 5.92 Å².